The Morgan fingerprint density at radius 1 is 1.25 bits per heavy atom. The summed E-state index contributed by atoms with van der Waals surface area (Å²) in [5.41, 5.74) is 5.18. The van der Waals surface area contributed by atoms with Crippen LogP contribution in [-0.4, -0.2) is 42.0 Å². The van der Waals surface area contributed by atoms with Crippen molar-refractivity contribution in [2.75, 3.05) is 6.54 Å². The molecule has 3 aromatic heterocycles. The Balaban J connectivity index is 1.75. The summed E-state index contributed by atoms with van der Waals surface area (Å²) in [6.07, 6.45) is 4.09. The molecule has 0 aliphatic carbocycles. The monoisotopic (exact) mass is 327 g/mol. The standard InChI is InChI=1S/C16H21N7O/c1-10-15(11(2)22(3)20-10)13-7-14(23(4)21-13)16(24)18-6-5-12-8-17-9-19-12/h7-9H,5-6H2,1-4H3,(H,17,19)(H,18,24). The number of carbonyl (C=O) groups is 1. The van der Waals surface area contributed by atoms with Gasteiger partial charge in [0.15, 0.2) is 0 Å². The molecule has 0 atom stereocenters. The minimum absolute atomic E-state index is 0.144. The van der Waals surface area contributed by atoms with Gasteiger partial charge in [-0.3, -0.25) is 14.2 Å². The van der Waals surface area contributed by atoms with E-state index in [2.05, 4.69) is 25.5 Å². The smallest absolute Gasteiger partial charge is 0.269 e. The Morgan fingerprint density at radius 2 is 2.04 bits per heavy atom. The molecule has 0 bridgehead atoms. The van der Waals surface area contributed by atoms with Gasteiger partial charge in [0.2, 0.25) is 0 Å². The number of aromatic amines is 1. The van der Waals surface area contributed by atoms with Crippen LogP contribution in [-0.2, 0) is 20.5 Å². The summed E-state index contributed by atoms with van der Waals surface area (Å²) >= 11 is 0. The molecule has 8 nitrogen and oxygen atoms in total. The lowest BCUT2D eigenvalue weighted by Crippen LogP contribution is -2.27. The normalized spacial score (nSPS) is 11.0. The minimum Gasteiger partial charge on any atom is -0.350 e. The van der Waals surface area contributed by atoms with Crippen molar-refractivity contribution in [3.05, 3.63) is 41.4 Å². The van der Waals surface area contributed by atoms with Crippen LogP contribution in [0.2, 0.25) is 0 Å². The number of hydrogen-bond acceptors (Lipinski definition) is 4. The lowest BCUT2D eigenvalue weighted by atomic mass is 10.1. The van der Waals surface area contributed by atoms with E-state index in [0.29, 0.717) is 18.7 Å². The Labute approximate surface area is 139 Å². The molecule has 3 aromatic rings. The van der Waals surface area contributed by atoms with Crippen LogP contribution in [0.4, 0.5) is 0 Å². The molecule has 0 unspecified atom stereocenters. The van der Waals surface area contributed by atoms with Gasteiger partial charge in [-0.05, 0) is 19.9 Å². The van der Waals surface area contributed by atoms with Gasteiger partial charge >= 0.3 is 0 Å². The van der Waals surface area contributed by atoms with Crippen molar-refractivity contribution < 1.29 is 4.79 Å². The first-order valence-corrected chi connectivity index (χ1v) is 7.77. The van der Waals surface area contributed by atoms with Gasteiger partial charge in [-0.2, -0.15) is 10.2 Å². The first kappa shape index (κ1) is 16.0. The lowest BCUT2D eigenvalue weighted by Gasteiger charge is -2.03. The fraction of sp³-hybridized carbons (Fsp3) is 0.375. The molecule has 0 aliphatic rings. The van der Waals surface area contributed by atoms with E-state index in [1.165, 1.54) is 0 Å². The van der Waals surface area contributed by atoms with Crippen LogP contribution in [0.1, 0.15) is 27.6 Å². The average Bonchev–Trinajstić information content (AvgIpc) is 3.21. The fourth-order valence-corrected chi connectivity index (χ4v) is 2.77. The third kappa shape index (κ3) is 2.94. The van der Waals surface area contributed by atoms with Gasteiger partial charge in [-0.25, -0.2) is 4.98 Å². The number of nitrogens with one attached hydrogen (secondary N) is 2. The van der Waals surface area contributed by atoms with E-state index in [9.17, 15) is 4.79 Å². The molecule has 0 aliphatic heterocycles. The number of hydrogen-bond donors (Lipinski definition) is 2. The summed E-state index contributed by atoms with van der Waals surface area (Å²) in [5, 5.41) is 11.8. The number of imidazole rings is 1. The van der Waals surface area contributed by atoms with Gasteiger partial charge in [-0.15, -0.1) is 0 Å². The molecule has 3 rings (SSSR count). The van der Waals surface area contributed by atoms with Crippen molar-refractivity contribution in [3.63, 3.8) is 0 Å². The highest BCUT2D eigenvalue weighted by molar-refractivity contribution is 5.93. The van der Waals surface area contributed by atoms with Gasteiger partial charge in [0.05, 0.1) is 17.7 Å². The predicted molar refractivity (Wildman–Crippen MR) is 89.5 cm³/mol. The van der Waals surface area contributed by atoms with Crippen molar-refractivity contribution in [1.29, 1.82) is 0 Å². The summed E-state index contributed by atoms with van der Waals surface area (Å²) in [4.78, 5) is 19.4. The summed E-state index contributed by atoms with van der Waals surface area (Å²) in [6.45, 7) is 4.47. The number of carbonyl (C=O) groups excluding carboxylic acids is 1. The van der Waals surface area contributed by atoms with Crippen LogP contribution in [0.25, 0.3) is 11.3 Å². The quantitative estimate of drug-likeness (QED) is 0.735. The second-order valence-corrected chi connectivity index (χ2v) is 5.79. The molecule has 8 heteroatoms. The van der Waals surface area contributed by atoms with Crippen molar-refractivity contribution in [2.45, 2.75) is 20.3 Å². The summed E-state index contributed by atoms with van der Waals surface area (Å²) < 4.78 is 3.43. The van der Waals surface area contributed by atoms with Crippen molar-refractivity contribution in [2.24, 2.45) is 14.1 Å². The van der Waals surface area contributed by atoms with Gasteiger partial charge in [0.1, 0.15) is 5.69 Å². The summed E-state index contributed by atoms with van der Waals surface area (Å²) in [5.74, 6) is -0.144. The second kappa shape index (κ2) is 6.31. The topological polar surface area (TPSA) is 93.4 Å². The zero-order valence-corrected chi connectivity index (χ0v) is 14.3. The summed E-state index contributed by atoms with van der Waals surface area (Å²) in [6, 6.07) is 1.81. The predicted octanol–water partition coefficient (Wildman–Crippen LogP) is 1.13. The highest BCUT2D eigenvalue weighted by atomic mass is 16.2. The molecule has 0 fully saturated rings. The largest absolute Gasteiger partial charge is 0.350 e. The van der Waals surface area contributed by atoms with Crippen molar-refractivity contribution in [1.82, 2.24) is 34.8 Å². The molecule has 126 valence electrons. The highest BCUT2D eigenvalue weighted by Crippen LogP contribution is 2.25. The van der Waals surface area contributed by atoms with Crippen LogP contribution >= 0.6 is 0 Å². The number of H-pyrrole nitrogens is 1. The van der Waals surface area contributed by atoms with E-state index in [1.54, 1.807) is 24.3 Å². The minimum atomic E-state index is -0.144. The van der Waals surface area contributed by atoms with Crippen LogP contribution in [0, 0.1) is 13.8 Å². The van der Waals surface area contributed by atoms with E-state index < -0.39 is 0 Å². The zero-order chi connectivity index (χ0) is 17.3. The molecule has 24 heavy (non-hydrogen) atoms. The third-order valence-electron chi connectivity index (χ3n) is 4.11. The van der Waals surface area contributed by atoms with E-state index in [1.807, 2.05) is 31.6 Å². The number of aromatic nitrogens is 6. The number of aryl methyl sites for hydroxylation is 3. The molecule has 0 saturated carbocycles. The maximum Gasteiger partial charge on any atom is 0.269 e. The maximum atomic E-state index is 12.4. The molecule has 0 spiro atoms. The molecule has 0 radical (unpaired) electrons. The van der Waals surface area contributed by atoms with Crippen LogP contribution in [0.15, 0.2) is 18.6 Å². The molecule has 2 N–H and O–H groups in total. The lowest BCUT2D eigenvalue weighted by molar-refractivity contribution is 0.0944. The number of amides is 1. The molecule has 0 aromatic carbocycles. The number of rotatable bonds is 5. The second-order valence-electron chi connectivity index (χ2n) is 5.79. The molecular formula is C16H21N7O. The highest BCUT2D eigenvalue weighted by Gasteiger charge is 2.19. The van der Waals surface area contributed by atoms with Crippen LogP contribution < -0.4 is 5.32 Å². The van der Waals surface area contributed by atoms with Gasteiger partial charge in [-0.1, -0.05) is 0 Å². The number of nitrogens with zero attached hydrogens (tertiary/aromatic N) is 5. The van der Waals surface area contributed by atoms with E-state index in [0.717, 1.165) is 28.3 Å². The Morgan fingerprint density at radius 3 is 2.67 bits per heavy atom. The van der Waals surface area contributed by atoms with Gasteiger partial charge < -0.3 is 10.3 Å². The third-order valence-corrected chi connectivity index (χ3v) is 4.11. The van der Waals surface area contributed by atoms with E-state index >= 15 is 0 Å². The summed E-state index contributed by atoms with van der Waals surface area (Å²) in [7, 11) is 3.67. The first-order chi connectivity index (χ1) is 11.5. The Hall–Kier alpha value is -2.90. The maximum absolute atomic E-state index is 12.4. The van der Waals surface area contributed by atoms with E-state index in [-0.39, 0.29) is 5.91 Å². The molecule has 0 saturated heterocycles. The van der Waals surface area contributed by atoms with Crippen LogP contribution in [0.5, 0.6) is 0 Å². The SMILES string of the molecule is Cc1nn(C)c(C)c1-c1cc(C(=O)NCCc2cnc[nH]2)n(C)n1. The fourth-order valence-electron chi connectivity index (χ4n) is 2.77. The van der Waals surface area contributed by atoms with Crippen molar-refractivity contribution >= 4 is 5.91 Å². The van der Waals surface area contributed by atoms with Crippen LogP contribution in [0.3, 0.4) is 0 Å². The zero-order valence-electron chi connectivity index (χ0n) is 14.3. The van der Waals surface area contributed by atoms with Gasteiger partial charge in [0.25, 0.3) is 5.91 Å². The average molecular weight is 327 g/mol. The molecule has 3 heterocycles. The first-order valence-electron chi connectivity index (χ1n) is 7.77. The van der Waals surface area contributed by atoms with Gasteiger partial charge in [0, 0.05) is 50.2 Å². The molecule has 1 amide bonds. The molecular weight excluding hydrogens is 306 g/mol. The van der Waals surface area contributed by atoms with E-state index in [4.69, 9.17) is 0 Å². The Bertz CT molecular complexity index is 858. The Kier molecular flexibility index (Phi) is 4.20. The van der Waals surface area contributed by atoms with Crippen molar-refractivity contribution in [3.8, 4) is 11.3 Å².